The minimum Gasteiger partial charge on any atom is -0.356 e. The van der Waals surface area contributed by atoms with Crippen LogP contribution < -0.4 is 10.2 Å². The molecule has 186 valence electrons. The molecule has 0 spiro atoms. The third-order valence-corrected chi connectivity index (χ3v) is 5.21. The van der Waals surface area contributed by atoms with Crippen molar-refractivity contribution in [2.75, 3.05) is 10.2 Å². The van der Waals surface area contributed by atoms with Crippen molar-refractivity contribution in [3.8, 4) is 0 Å². The zero-order valence-electron chi connectivity index (χ0n) is 16.7. The highest BCUT2D eigenvalue weighted by Crippen LogP contribution is 2.54. The van der Waals surface area contributed by atoms with E-state index in [-0.39, 0.29) is 28.9 Å². The van der Waals surface area contributed by atoms with Gasteiger partial charge >= 0.3 is 24.2 Å². The highest BCUT2D eigenvalue weighted by atomic mass is 19.4. The summed E-state index contributed by atoms with van der Waals surface area (Å²) in [4.78, 5) is 10.8. The molecule has 1 atom stereocenters. The largest absolute Gasteiger partial charge is 0.435 e. The molecule has 0 bridgehead atoms. The topological polar surface area (TPSA) is 58.4 Å². The number of aryl methyl sites for hydroxylation is 1. The Morgan fingerprint density at radius 3 is 2.00 bits per heavy atom. The molecule has 0 aliphatic carbocycles. The molecule has 1 N–H and O–H groups in total. The number of alkyl halides is 10. The van der Waals surface area contributed by atoms with Crippen LogP contribution in [0.15, 0.2) is 36.4 Å². The van der Waals surface area contributed by atoms with Gasteiger partial charge in [-0.15, -0.1) is 0 Å². The number of nitrogens with one attached hydrogen (secondary N) is 1. The fourth-order valence-electron chi connectivity index (χ4n) is 3.62. The van der Waals surface area contributed by atoms with Crippen LogP contribution in [0.25, 0.3) is 0 Å². The summed E-state index contributed by atoms with van der Waals surface area (Å²) in [5.74, 6) is 0. The lowest BCUT2D eigenvalue weighted by molar-refractivity contribution is -0.385. The lowest BCUT2D eigenvalue weighted by Crippen LogP contribution is -2.50. The molecule has 0 aromatic heterocycles. The third-order valence-electron chi connectivity index (χ3n) is 5.21. The van der Waals surface area contributed by atoms with Gasteiger partial charge in [-0.25, -0.2) is 4.39 Å². The number of fused-ring (bicyclic) bond motifs is 1. The third kappa shape index (κ3) is 4.18. The van der Waals surface area contributed by atoms with Crippen molar-refractivity contribution in [2.24, 2.45) is 0 Å². The molecule has 0 saturated carbocycles. The lowest BCUT2D eigenvalue weighted by Gasteiger charge is -2.30. The zero-order valence-corrected chi connectivity index (χ0v) is 16.7. The number of nitrogens with zero attached hydrogens (tertiary/aromatic N) is 2. The first kappa shape index (κ1) is 25.4. The summed E-state index contributed by atoms with van der Waals surface area (Å²) in [5.41, 5.74) is -9.03. The summed E-state index contributed by atoms with van der Waals surface area (Å²) >= 11 is 0. The molecule has 2 aromatic rings. The van der Waals surface area contributed by atoms with Crippen LogP contribution in [0.1, 0.15) is 16.7 Å². The maximum Gasteiger partial charge on any atom is 0.435 e. The van der Waals surface area contributed by atoms with Gasteiger partial charge in [-0.05, 0) is 30.7 Å². The maximum atomic E-state index is 14.4. The molecule has 0 saturated heterocycles. The number of rotatable bonds is 4. The normalized spacial score (nSPS) is 16.9. The van der Waals surface area contributed by atoms with Gasteiger partial charge in [0, 0.05) is 23.7 Å². The van der Waals surface area contributed by atoms with E-state index in [2.05, 4.69) is 0 Å². The van der Waals surface area contributed by atoms with Gasteiger partial charge in [-0.3, -0.25) is 10.1 Å². The average molecular weight is 505 g/mol. The van der Waals surface area contributed by atoms with Gasteiger partial charge in [0.2, 0.25) is 0 Å². The second-order valence-electron chi connectivity index (χ2n) is 7.48. The second-order valence-corrected chi connectivity index (χ2v) is 7.48. The van der Waals surface area contributed by atoms with E-state index in [1.165, 1.54) is 13.0 Å². The van der Waals surface area contributed by atoms with Gasteiger partial charge in [0.05, 0.1) is 16.3 Å². The minimum absolute atomic E-state index is 0.0378. The van der Waals surface area contributed by atoms with Crippen LogP contribution in [0, 0.1) is 17.0 Å². The van der Waals surface area contributed by atoms with Gasteiger partial charge in [0.25, 0.3) is 5.69 Å². The molecular formula is C19H13F10N3O2. The van der Waals surface area contributed by atoms with Gasteiger partial charge in [0.15, 0.2) is 6.17 Å². The monoisotopic (exact) mass is 505 g/mol. The Balaban J connectivity index is 2.07. The molecule has 1 unspecified atom stereocenters. The Bertz CT molecular complexity index is 1100. The van der Waals surface area contributed by atoms with Crippen molar-refractivity contribution in [3.05, 3.63) is 63.2 Å². The highest BCUT2D eigenvalue weighted by molar-refractivity contribution is 5.77. The SMILES string of the molecule is Cc1cc(CN2c3ccc(C(F)(C(F)(F)F)C(F)(F)F)cc3NC2C(F)(F)F)ccc1[N+](=O)[O-]. The van der Waals surface area contributed by atoms with Crippen LogP contribution in [-0.4, -0.2) is 29.6 Å². The highest BCUT2D eigenvalue weighted by Gasteiger charge is 2.73. The minimum atomic E-state index is -6.43. The van der Waals surface area contributed by atoms with Crippen molar-refractivity contribution < 1.29 is 48.8 Å². The number of benzene rings is 2. The number of hydrogen-bond acceptors (Lipinski definition) is 4. The maximum absolute atomic E-state index is 14.4. The molecule has 0 amide bonds. The Kier molecular flexibility index (Phi) is 5.90. The average Bonchev–Trinajstić information content (AvgIpc) is 3.03. The number of anilines is 2. The summed E-state index contributed by atoms with van der Waals surface area (Å²) < 4.78 is 133. The molecule has 15 heteroatoms. The predicted molar refractivity (Wildman–Crippen MR) is 98.8 cm³/mol. The number of hydrogen-bond donors (Lipinski definition) is 1. The van der Waals surface area contributed by atoms with E-state index in [0.29, 0.717) is 11.0 Å². The summed E-state index contributed by atoms with van der Waals surface area (Å²) in [6.07, 6.45) is -20.5. The van der Waals surface area contributed by atoms with Crippen LogP contribution in [0.2, 0.25) is 0 Å². The fraction of sp³-hybridized carbons (Fsp3) is 0.368. The first-order valence-corrected chi connectivity index (χ1v) is 9.18. The zero-order chi connectivity index (χ0) is 25.9. The standard InChI is InChI=1S/C19H13F10N3O2/c1-9-6-10(2-4-13(9)32(33)34)8-31-14-5-3-11(7-12(14)30-15(31)17(21,22)23)16(20,18(24,25)26)19(27,28)29/h2-7,15,30H,8H2,1H3. The number of halogens is 10. The van der Waals surface area contributed by atoms with Gasteiger partial charge in [-0.1, -0.05) is 12.1 Å². The predicted octanol–water partition coefficient (Wildman–Crippen LogP) is 6.51. The van der Waals surface area contributed by atoms with Crippen molar-refractivity contribution in [3.63, 3.8) is 0 Å². The number of nitro groups is 1. The molecule has 3 rings (SSSR count). The first-order valence-electron chi connectivity index (χ1n) is 9.18. The first-order chi connectivity index (χ1) is 15.4. The van der Waals surface area contributed by atoms with E-state index in [4.69, 9.17) is 0 Å². The van der Waals surface area contributed by atoms with Crippen molar-refractivity contribution >= 4 is 17.1 Å². The van der Waals surface area contributed by atoms with Crippen molar-refractivity contribution in [1.29, 1.82) is 0 Å². The van der Waals surface area contributed by atoms with Crippen LogP contribution in [0.4, 0.5) is 61.0 Å². The van der Waals surface area contributed by atoms with E-state index < -0.39 is 58.8 Å². The summed E-state index contributed by atoms with van der Waals surface area (Å²) in [6.45, 7) is 0.766. The second kappa shape index (κ2) is 7.91. The van der Waals surface area contributed by atoms with Crippen molar-refractivity contribution in [2.45, 2.75) is 43.8 Å². The molecule has 0 fully saturated rings. The van der Waals surface area contributed by atoms with E-state index in [0.717, 1.165) is 12.1 Å². The van der Waals surface area contributed by atoms with Crippen LogP contribution in [0.3, 0.4) is 0 Å². The summed E-state index contributed by atoms with van der Waals surface area (Å²) in [7, 11) is 0. The van der Waals surface area contributed by atoms with E-state index in [1.54, 1.807) is 5.32 Å². The molecule has 0 radical (unpaired) electrons. The summed E-state index contributed by atoms with van der Waals surface area (Å²) in [6, 6.07) is 4.10. The Morgan fingerprint density at radius 2 is 1.53 bits per heavy atom. The molecule has 1 aliphatic rings. The molecular weight excluding hydrogens is 492 g/mol. The fourth-order valence-corrected chi connectivity index (χ4v) is 3.62. The smallest absolute Gasteiger partial charge is 0.356 e. The van der Waals surface area contributed by atoms with E-state index >= 15 is 0 Å². The molecule has 1 heterocycles. The molecule has 2 aromatic carbocycles. The van der Waals surface area contributed by atoms with E-state index in [1.807, 2.05) is 0 Å². The Hall–Kier alpha value is -3.26. The lowest BCUT2D eigenvalue weighted by atomic mass is 9.93. The molecule has 1 aliphatic heterocycles. The summed E-state index contributed by atoms with van der Waals surface area (Å²) in [5, 5.41) is 12.7. The van der Waals surface area contributed by atoms with Gasteiger partial charge < -0.3 is 10.2 Å². The van der Waals surface area contributed by atoms with Crippen molar-refractivity contribution in [1.82, 2.24) is 0 Å². The molecule has 5 nitrogen and oxygen atoms in total. The van der Waals surface area contributed by atoms with Gasteiger partial charge in [-0.2, -0.15) is 39.5 Å². The number of nitro benzene ring substituents is 1. The Labute approximate surface area is 184 Å². The molecule has 34 heavy (non-hydrogen) atoms. The quantitative estimate of drug-likeness (QED) is 0.292. The Morgan fingerprint density at radius 1 is 0.941 bits per heavy atom. The van der Waals surface area contributed by atoms with Crippen LogP contribution in [0.5, 0.6) is 0 Å². The van der Waals surface area contributed by atoms with Crippen LogP contribution in [-0.2, 0) is 12.2 Å². The van der Waals surface area contributed by atoms with Gasteiger partial charge in [0.1, 0.15) is 0 Å². The van der Waals surface area contributed by atoms with E-state index in [9.17, 15) is 54.0 Å². The van der Waals surface area contributed by atoms with Crippen LogP contribution >= 0.6 is 0 Å².